The molecule has 88 valence electrons. The second-order valence-corrected chi connectivity index (χ2v) is 3.82. The number of nitrogens with one attached hydrogen (secondary N) is 1. The van der Waals surface area contributed by atoms with E-state index in [0.29, 0.717) is 19.8 Å². The number of carbonyl (C=O) groups excluding carboxylic acids is 1. The van der Waals surface area contributed by atoms with Crippen LogP contribution < -0.4 is 11.3 Å². The van der Waals surface area contributed by atoms with Crippen molar-refractivity contribution in [2.24, 2.45) is 11.8 Å². The summed E-state index contributed by atoms with van der Waals surface area (Å²) in [5, 5.41) is 9.12. The van der Waals surface area contributed by atoms with Gasteiger partial charge in [0.15, 0.2) is 0 Å². The van der Waals surface area contributed by atoms with E-state index in [1.54, 1.807) is 0 Å². The van der Waals surface area contributed by atoms with Crippen LogP contribution in [0, 0.1) is 5.92 Å². The first-order valence-corrected chi connectivity index (χ1v) is 5.12. The zero-order chi connectivity index (χ0) is 11.3. The third-order valence-corrected chi connectivity index (χ3v) is 2.66. The van der Waals surface area contributed by atoms with Crippen molar-refractivity contribution in [1.29, 1.82) is 0 Å². The minimum atomic E-state index is -0.182. The lowest BCUT2D eigenvalue weighted by Gasteiger charge is -2.35. The SMILES string of the molecule is CC(CN1CCOCC1CO)C(=O)NN. The van der Waals surface area contributed by atoms with Crippen molar-refractivity contribution in [3.8, 4) is 0 Å². The lowest BCUT2D eigenvalue weighted by Crippen LogP contribution is -2.51. The van der Waals surface area contributed by atoms with Crippen LogP contribution in [0.2, 0.25) is 0 Å². The molecule has 6 nitrogen and oxygen atoms in total. The van der Waals surface area contributed by atoms with Crippen molar-refractivity contribution in [1.82, 2.24) is 10.3 Å². The second kappa shape index (κ2) is 6.02. The maximum atomic E-state index is 11.2. The predicted octanol–water partition coefficient (Wildman–Crippen LogP) is -1.69. The van der Waals surface area contributed by atoms with Gasteiger partial charge in [-0.25, -0.2) is 5.84 Å². The van der Waals surface area contributed by atoms with Crippen LogP contribution in [0.15, 0.2) is 0 Å². The summed E-state index contributed by atoms with van der Waals surface area (Å²) < 4.78 is 5.24. The zero-order valence-electron chi connectivity index (χ0n) is 8.98. The van der Waals surface area contributed by atoms with E-state index in [9.17, 15) is 4.79 Å². The fraction of sp³-hybridized carbons (Fsp3) is 0.889. The summed E-state index contributed by atoms with van der Waals surface area (Å²) in [7, 11) is 0. The molecular weight excluding hydrogens is 198 g/mol. The van der Waals surface area contributed by atoms with Gasteiger partial charge in [-0.3, -0.25) is 15.1 Å². The van der Waals surface area contributed by atoms with E-state index < -0.39 is 0 Å². The maximum Gasteiger partial charge on any atom is 0.237 e. The van der Waals surface area contributed by atoms with Crippen molar-refractivity contribution in [3.05, 3.63) is 0 Å². The second-order valence-electron chi connectivity index (χ2n) is 3.82. The van der Waals surface area contributed by atoms with Gasteiger partial charge >= 0.3 is 0 Å². The van der Waals surface area contributed by atoms with Gasteiger partial charge in [0.25, 0.3) is 0 Å². The number of hydrogen-bond donors (Lipinski definition) is 3. The van der Waals surface area contributed by atoms with E-state index in [1.165, 1.54) is 0 Å². The zero-order valence-corrected chi connectivity index (χ0v) is 8.98. The van der Waals surface area contributed by atoms with Crippen molar-refractivity contribution in [3.63, 3.8) is 0 Å². The number of carbonyl (C=O) groups is 1. The Labute approximate surface area is 89.3 Å². The Morgan fingerprint density at radius 1 is 1.80 bits per heavy atom. The van der Waals surface area contributed by atoms with E-state index in [4.69, 9.17) is 15.7 Å². The van der Waals surface area contributed by atoms with Gasteiger partial charge < -0.3 is 9.84 Å². The summed E-state index contributed by atoms with van der Waals surface area (Å²) in [6.45, 7) is 4.37. The molecule has 0 aromatic heterocycles. The lowest BCUT2D eigenvalue weighted by molar-refractivity contribution is -0.126. The molecule has 1 fully saturated rings. The van der Waals surface area contributed by atoms with Crippen LogP contribution in [0.4, 0.5) is 0 Å². The average Bonchev–Trinajstić information content (AvgIpc) is 2.28. The molecule has 1 saturated heterocycles. The molecule has 4 N–H and O–H groups in total. The fourth-order valence-electron chi connectivity index (χ4n) is 1.67. The normalized spacial score (nSPS) is 24.9. The van der Waals surface area contributed by atoms with Gasteiger partial charge in [0.2, 0.25) is 5.91 Å². The van der Waals surface area contributed by atoms with Crippen LogP contribution in [-0.4, -0.2) is 54.9 Å². The highest BCUT2D eigenvalue weighted by molar-refractivity contribution is 5.77. The molecule has 1 rings (SSSR count). The molecule has 1 heterocycles. The Balaban J connectivity index is 2.43. The minimum Gasteiger partial charge on any atom is -0.395 e. The minimum absolute atomic E-state index is 0.00762. The van der Waals surface area contributed by atoms with E-state index in [2.05, 4.69) is 10.3 Å². The van der Waals surface area contributed by atoms with Crippen molar-refractivity contribution >= 4 is 5.91 Å². The Kier molecular flexibility index (Phi) is 4.97. The number of rotatable bonds is 4. The van der Waals surface area contributed by atoms with Gasteiger partial charge in [0.05, 0.1) is 25.9 Å². The van der Waals surface area contributed by atoms with E-state index in [0.717, 1.165) is 6.54 Å². The highest BCUT2D eigenvalue weighted by atomic mass is 16.5. The molecule has 6 heteroatoms. The van der Waals surface area contributed by atoms with Crippen LogP contribution in [0.3, 0.4) is 0 Å². The molecular formula is C9H19N3O3. The molecule has 0 aromatic carbocycles. The Hall–Kier alpha value is -0.690. The van der Waals surface area contributed by atoms with Crippen LogP contribution in [0.25, 0.3) is 0 Å². The number of aliphatic hydroxyl groups is 1. The average molecular weight is 217 g/mol. The Bertz CT molecular complexity index is 213. The summed E-state index contributed by atoms with van der Waals surface area (Å²) in [4.78, 5) is 13.3. The molecule has 1 aliphatic rings. The van der Waals surface area contributed by atoms with Crippen LogP contribution in [0.5, 0.6) is 0 Å². The molecule has 0 radical (unpaired) electrons. The van der Waals surface area contributed by atoms with Gasteiger partial charge in [-0.2, -0.15) is 0 Å². The number of nitrogens with zero attached hydrogens (tertiary/aromatic N) is 1. The highest BCUT2D eigenvalue weighted by Gasteiger charge is 2.25. The number of hydrazine groups is 1. The van der Waals surface area contributed by atoms with Gasteiger partial charge in [0.1, 0.15) is 0 Å². The monoisotopic (exact) mass is 217 g/mol. The molecule has 0 saturated carbocycles. The quantitative estimate of drug-likeness (QED) is 0.297. The molecule has 2 unspecified atom stereocenters. The van der Waals surface area contributed by atoms with Gasteiger partial charge in [0, 0.05) is 19.0 Å². The molecule has 0 bridgehead atoms. The smallest absolute Gasteiger partial charge is 0.237 e. The summed E-state index contributed by atoms with van der Waals surface area (Å²) >= 11 is 0. The molecule has 2 atom stereocenters. The van der Waals surface area contributed by atoms with Crippen LogP contribution in [0.1, 0.15) is 6.92 Å². The first-order valence-electron chi connectivity index (χ1n) is 5.12. The largest absolute Gasteiger partial charge is 0.395 e. The van der Waals surface area contributed by atoms with Gasteiger partial charge in [-0.1, -0.05) is 6.92 Å². The third kappa shape index (κ3) is 3.42. The van der Waals surface area contributed by atoms with Crippen molar-refractivity contribution < 1.29 is 14.6 Å². The third-order valence-electron chi connectivity index (χ3n) is 2.66. The van der Waals surface area contributed by atoms with Crippen molar-refractivity contribution in [2.75, 3.05) is 32.9 Å². The summed E-state index contributed by atoms with van der Waals surface area (Å²) in [5.41, 5.74) is 2.13. The highest BCUT2D eigenvalue weighted by Crippen LogP contribution is 2.09. The van der Waals surface area contributed by atoms with Gasteiger partial charge in [-0.05, 0) is 0 Å². The number of morpholine rings is 1. The predicted molar refractivity (Wildman–Crippen MR) is 54.8 cm³/mol. The molecule has 0 spiro atoms. The molecule has 0 aromatic rings. The molecule has 1 amide bonds. The number of aliphatic hydroxyl groups excluding tert-OH is 1. The Morgan fingerprint density at radius 2 is 2.53 bits per heavy atom. The summed E-state index contributed by atoms with van der Waals surface area (Å²) in [5.74, 6) is 4.69. The first kappa shape index (κ1) is 12.4. The molecule has 1 aliphatic heterocycles. The fourth-order valence-corrected chi connectivity index (χ4v) is 1.67. The van der Waals surface area contributed by atoms with Crippen LogP contribution >= 0.6 is 0 Å². The number of amides is 1. The van der Waals surface area contributed by atoms with E-state index >= 15 is 0 Å². The topological polar surface area (TPSA) is 87.8 Å². The lowest BCUT2D eigenvalue weighted by atomic mass is 10.1. The van der Waals surface area contributed by atoms with Crippen LogP contribution in [-0.2, 0) is 9.53 Å². The molecule has 15 heavy (non-hydrogen) atoms. The summed E-state index contributed by atoms with van der Waals surface area (Å²) in [6.07, 6.45) is 0. The molecule has 0 aliphatic carbocycles. The van der Waals surface area contributed by atoms with E-state index in [1.807, 2.05) is 6.92 Å². The van der Waals surface area contributed by atoms with Gasteiger partial charge in [-0.15, -0.1) is 0 Å². The Morgan fingerprint density at radius 3 is 3.13 bits per heavy atom. The standard InChI is InChI=1S/C9H19N3O3/c1-7(9(14)11-10)4-12-2-3-15-6-8(12)5-13/h7-8,13H,2-6,10H2,1H3,(H,11,14). The number of ether oxygens (including phenoxy) is 1. The maximum absolute atomic E-state index is 11.2. The first-order chi connectivity index (χ1) is 7.19. The number of hydrogen-bond acceptors (Lipinski definition) is 5. The summed E-state index contributed by atoms with van der Waals surface area (Å²) in [6, 6.07) is -0.00762. The number of nitrogens with two attached hydrogens (primary N) is 1. The van der Waals surface area contributed by atoms with E-state index in [-0.39, 0.29) is 24.5 Å². The van der Waals surface area contributed by atoms with Crippen molar-refractivity contribution in [2.45, 2.75) is 13.0 Å².